The maximum atomic E-state index is 11.7. The van der Waals surface area contributed by atoms with Crippen molar-refractivity contribution in [1.29, 1.82) is 0 Å². The van der Waals surface area contributed by atoms with Crippen molar-refractivity contribution >= 4 is 23.6 Å². The smallest absolute Gasteiger partial charge is 0.306 e. The van der Waals surface area contributed by atoms with E-state index in [0.717, 1.165) is 10.6 Å². The average Bonchev–Trinajstić information content (AvgIpc) is 2.42. The highest BCUT2D eigenvalue weighted by Gasteiger charge is 2.24. The number of ether oxygens (including phenoxy) is 1. The first-order valence-electron chi connectivity index (χ1n) is 6.30. The van der Waals surface area contributed by atoms with Crippen LogP contribution in [0.15, 0.2) is 29.2 Å². The van der Waals surface area contributed by atoms with Gasteiger partial charge in [0.2, 0.25) is 5.91 Å². The summed E-state index contributed by atoms with van der Waals surface area (Å²) < 4.78 is 5.04. The molecule has 0 radical (unpaired) electrons. The molecule has 0 aliphatic rings. The lowest BCUT2D eigenvalue weighted by atomic mass is 10.0. The number of hydrogen-bond donors (Lipinski definition) is 3. The maximum absolute atomic E-state index is 11.7. The van der Waals surface area contributed by atoms with Gasteiger partial charge in [-0.3, -0.25) is 9.59 Å². The average molecular weight is 313 g/mol. The minimum absolute atomic E-state index is 0.0959. The Labute approximate surface area is 127 Å². The summed E-state index contributed by atoms with van der Waals surface area (Å²) in [6.45, 7) is 1.28. The highest BCUT2D eigenvalue weighted by molar-refractivity contribution is 8.00. The van der Waals surface area contributed by atoms with Crippen molar-refractivity contribution in [2.45, 2.75) is 23.8 Å². The molecule has 0 aliphatic heterocycles. The molecule has 0 aliphatic carbocycles. The quantitative estimate of drug-likeness (QED) is 0.623. The Kier molecular flexibility index (Phi) is 6.51. The van der Waals surface area contributed by atoms with Crippen LogP contribution in [0.3, 0.4) is 0 Å². The molecule has 1 aromatic carbocycles. The molecular weight excluding hydrogens is 294 g/mol. The lowest BCUT2D eigenvalue weighted by molar-refractivity contribution is -0.142. The number of aliphatic carboxylic acids is 1. The SMILES string of the molecule is COc1ccc(SCC(=O)NCC(C)(O)CC(=O)O)cc1. The Hall–Kier alpha value is -1.73. The van der Waals surface area contributed by atoms with Crippen LogP contribution < -0.4 is 10.1 Å². The zero-order chi connectivity index (χ0) is 15.9. The number of carboxylic acids is 1. The summed E-state index contributed by atoms with van der Waals surface area (Å²) in [5, 5.41) is 20.9. The first kappa shape index (κ1) is 17.3. The standard InChI is InChI=1S/C14H19NO5S/c1-14(19,7-13(17)18)9-15-12(16)8-21-11-5-3-10(20-2)4-6-11/h3-6,19H,7-9H2,1-2H3,(H,15,16)(H,17,18). The molecule has 0 bridgehead atoms. The van der Waals surface area contributed by atoms with Gasteiger partial charge < -0.3 is 20.3 Å². The third-order valence-electron chi connectivity index (χ3n) is 2.63. The van der Waals surface area contributed by atoms with Crippen molar-refractivity contribution in [3.05, 3.63) is 24.3 Å². The third-order valence-corrected chi connectivity index (χ3v) is 3.64. The predicted octanol–water partition coefficient (Wildman–Crippen LogP) is 1.13. The monoisotopic (exact) mass is 313 g/mol. The van der Waals surface area contributed by atoms with E-state index in [1.807, 2.05) is 12.1 Å². The van der Waals surface area contributed by atoms with Crippen LogP contribution in [0.1, 0.15) is 13.3 Å². The summed E-state index contributed by atoms with van der Waals surface area (Å²) >= 11 is 1.35. The number of benzene rings is 1. The Morgan fingerprint density at radius 2 is 1.95 bits per heavy atom. The predicted molar refractivity (Wildman–Crippen MR) is 79.6 cm³/mol. The third kappa shape index (κ3) is 7.01. The molecule has 0 spiro atoms. The Bertz CT molecular complexity index is 487. The number of nitrogens with one attached hydrogen (secondary N) is 1. The summed E-state index contributed by atoms with van der Waals surface area (Å²) in [4.78, 5) is 23.1. The van der Waals surface area contributed by atoms with E-state index in [1.165, 1.54) is 18.7 Å². The number of thioether (sulfide) groups is 1. The van der Waals surface area contributed by atoms with Crippen LogP contribution >= 0.6 is 11.8 Å². The largest absolute Gasteiger partial charge is 0.497 e. The molecule has 21 heavy (non-hydrogen) atoms. The lowest BCUT2D eigenvalue weighted by Gasteiger charge is -2.21. The van der Waals surface area contributed by atoms with Crippen molar-refractivity contribution in [3.8, 4) is 5.75 Å². The topological polar surface area (TPSA) is 95.9 Å². The summed E-state index contributed by atoms with van der Waals surface area (Å²) in [5.41, 5.74) is -1.45. The summed E-state index contributed by atoms with van der Waals surface area (Å²) in [5.74, 6) is -0.438. The van der Waals surface area contributed by atoms with Gasteiger partial charge in [0.25, 0.3) is 0 Å². The number of hydrogen-bond acceptors (Lipinski definition) is 5. The van der Waals surface area contributed by atoms with Crippen molar-refractivity contribution in [2.75, 3.05) is 19.4 Å². The number of aliphatic hydroxyl groups is 1. The number of rotatable bonds is 8. The minimum Gasteiger partial charge on any atom is -0.497 e. The molecule has 0 fully saturated rings. The highest BCUT2D eigenvalue weighted by atomic mass is 32.2. The zero-order valence-corrected chi connectivity index (χ0v) is 12.8. The van der Waals surface area contributed by atoms with E-state index in [2.05, 4.69) is 5.32 Å². The normalized spacial score (nSPS) is 13.3. The fourth-order valence-electron chi connectivity index (χ4n) is 1.55. The van der Waals surface area contributed by atoms with E-state index in [1.54, 1.807) is 19.2 Å². The molecule has 3 N–H and O–H groups in total. The van der Waals surface area contributed by atoms with E-state index >= 15 is 0 Å². The number of amides is 1. The molecule has 0 saturated heterocycles. The number of carbonyl (C=O) groups is 2. The highest BCUT2D eigenvalue weighted by Crippen LogP contribution is 2.21. The van der Waals surface area contributed by atoms with E-state index in [0.29, 0.717) is 0 Å². The molecule has 116 valence electrons. The molecule has 6 nitrogen and oxygen atoms in total. The van der Waals surface area contributed by atoms with Gasteiger partial charge in [0.05, 0.1) is 24.9 Å². The van der Waals surface area contributed by atoms with Gasteiger partial charge >= 0.3 is 5.97 Å². The van der Waals surface area contributed by atoms with Crippen molar-refractivity contribution in [2.24, 2.45) is 0 Å². The van der Waals surface area contributed by atoms with Crippen LogP contribution in [-0.2, 0) is 9.59 Å². The van der Waals surface area contributed by atoms with E-state index < -0.39 is 18.0 Å². The van der Waals surface area contributed by atoms with Crippen LogP contribution in [0.2, 0.25) is 0 Å². The van der Waals surface area contributed by atoms with Crippen molar-refractivity contribution < 1.29 is 24.5 Å². The van der Waals surface area contributed by atoms with Gasteiger partial charge in [-0.1, -0.05) is 0 Å². The Balaban J connectivity index is 2.35. The first-order chi connectivity index (χ1) is 9.82. The number of carbonyl (C=O) groups excluding carboxylic acids is 1. The van der Waals surface area contributed by atoms with E-state index in [4.69, 9.17) is 9.84 Å². The second-order valence-corrected chi connectivity index (χ2v) is 5.86. The minimum atomic E-state index is -1.45. The second kappa shape index (κ2) is 7.90. The van der Waals surface area contributed by atoms with Gasteiger partial charge in [-0.25, -0.2) is 0 Å². The van der Waals surface area contributed by atoms with E-state index in [-0.39, 0.29) is 18.2 Å². The Morgan fingerprint density at radius 3 is 2.48 bits per heavy atom. The maximum Gasteiger partial charge on any atom is 0.306 e. The van der Waals surface area contributed by atoms with Gasteiger partial charge in [0.1, 0.15) is 5.75 Å². The number of carboxylic acid groups (broad SMARTS) is 1. The fourth-order valence-corrected chi connectivity index (χ4v) is 2.28. The molecule has 1 atom stereocenters. The molecule has 7 heteroatoms. The van der Waals surface area contributed by atoms with Crippen LogP contribution in [-0.4, -0.2) is 47.1 Å². The number of methoxy groups -OCH3 is 1. The van der Waals surface area contributed by atoms with Crippen molar-refractivity contribution in [1.82, 2.24) is 5.32 Å². The van der Waals surface area contributed by atoms with Crippen molar-refractivity contribution in [3.63, 3.8) is 0 Å². The van der Waals surface area contributed by atoms with Gasteiger partial charge in [-0.05, 0) is 31.2 Å². The van der Waals surface area contributed by atoms with Gasteiger partial charge in [-0.2, -0.15) is 0 Å². The molecule has 1 rings (SSSR count). The fraction of sp³-hybridized carbons (Fsp3) is 0.429. The molecule has 0 aromatic heterocycles. The van der Waals surface area contributed by atoms with Crippen LogP contribution in [0, 0.1) is 0 Å². The molecule has 0 heterocycles. The molecular formula is C14H19NO5S. The second-order valence-electron chi connectivity index (χ2n) is 4.81. The van der Waals surface area contributed by atoms with Crippen LogP contribution in [0.25, 0.3) is 0 Å². The lowest BCUT2D eigenvalue weighted by Crippen LogP contribution is -2.42. The Morgan fingerprint density at radius 1 is 1.33 bits per heavy atom. The summed E-state index contributed by atoms with van der Waals surface area (Å²) in [6, 6.07) is 7.30. The van der Waals surface area contributed by atoms with Gasteiger partial charge in [0, 0.05) is 11.4 Å². The van der Waals surface area contributed by atoms with Gasteiger partial charge in [-0.15, -0.1) is 11.8 Å². The molecule has 1 amide bonds. The van der Waals surface area contributed by atoms with Crippen LogP contribution in [0.5, 0.6) is 5.75 Å². The van der Waals surface area contributed by atoms with Gasteiger partial charge in [0.15, 0.2) is 0 Å². The zero-order valence-electron chi connectivity index (χ0n) is 12.0. The first-order valence-corrected chi connectivity index (χ1v) is 7.29. The molecule has 1 aromatic rings. The molecule has 1 unspecified atom stereocenters. The van der Waals surface area contributed by atoms with E-state index in [9.17, 15) is 14.7 Å². The summed E-state index contributed by atoms with van der Waals surface area (Å²) in [6.07, 6.45) is -0.418. The van der Waals surface area contributed by atoms with Crippen LogP contribution in [0.4, 0.5) is 0 Å². The summed E-state index contributed by atoms with van der Waals surface area (Å²) in [7, 11) is 1.58. The molecule has 0 saturated carbocycles.